The molecule has 0 saturated carbocycles. The van der Waals surface area contributed by atoms with E-state index in [9.17, 15) is 4.79 Å². The Morgan fingerprint density at radius 1 is 1.12 bits per heavy atom. The molecule has 2 aliphatic rings. The molecule has 1 aromatic carbocycles. The van der Waals surface area contributed by atoms with Gasteiger partial charge >= 0.3 is 0 Å². The van der Waals surface area contributed by atoms with Crippen molar-refractivity contribution in [3.63, 3.8) is 0 Å². The summed E-state index contributed by atoms with van der Waals surface area (Å²) < 4.78 is 0. The molecule has 1 aromatic rings. The first-order valence-electron chi connectivity index (χ1n) is 9.85. The standard InChI is InChI=1S/C20H31N5O/c1-2-21-20(23-15-19(26)25-11-5-6-12-25)22-10-14-24-13-9-17-7-3-4-8-18(17)16-24/h3-4,7-8H,2,5-6,9-16H2,1H3,(H2,21,22,23). The van der Waals surface area contributed by atoms with Crippen LogP contribution in [0.4, 0.5) is 0 Å². The van der Waals surface area contributed by atoms with Gasteiger partial charge in [0.25, 0.3) is 0 Å². The second-order valence-corrected chi connectivity index (χ2v) is 7.00. The van der Waals surface area contributed by atoms with Gasteiger partial charge in [0.05, 0.1) is 0 Å². The van der Waals surface area contributed by atoms with Gasteiger partial charge in [-0.2, -0.15) is 0 Å². The Labute approximate surface area is 156 Å². The zero-order valence-electron chi connectivity index (χ0n) is 15.8. The molecule has 0 bridgehead atoms. The summed E-state index contributed by atoms with van der Waals surface area (Å²) >= 11 is 0. The van der Waals surface area contributed by atoms with Crippen molar-refractivity contribution in [2.75, 3.05) is 45.8 Å². The number of nitrogens with zero attached hydrogens (tertiary/aromatic N) is 3. The summed E-state index contributed by atoms with van der Waals surface area (Å²) in [5.74, 6) is 0.866. The Morgan fingerprint density at radius 2 is 1.88 bits per heavy atom. The van der Waals surface area contributed by atoms with E-state index in [4.69, 9.17) is 0 Å². The van der Waals surface area contributed by atoms with Gasteiger partial charge in [-0.25, -0.2) is 4.99 Å². The van der Waals surface area contributed by atoms with E-state index >= 15 is 0 Å². The number of likely N-dealkylation sites (tertiary alicyclic amines) is 1. The third-order valence-corrected chi connectivity index (χ3v) is 5.11. The number of benzene rings is 1. The monoisotopic (exact) mass is 357 g/mol. The minimum Gasteiger partial charge on any atom is -0.357 e. The minimum absolute atomic E-state index is 0.132. The molecule has 1 fully saturated rings. The molecule has 1 amide bonds. The van der Waals surface area contributed by atoms with Gasteiger partial charge in [0.15, 0.2) is 5.96 Å². The molecule has 3 rings (SSSR count). The number of fused-ring (bicyclic) bond motifs is 1. The fourth-order valence-electron chi connectivity index (χ4n) is 3.63. The molecule has 0 aliphatic carbocycles. The average Bonchev–Trinajstić information content (AvgIpc) is 3.20. The Hall–Kier alpha value is -2.08. The number of aliphatic imine (C=N–C) groups is 1. The third-order valence-electron chi connectivity index (χ3n) is 5.11. The van der Waals surface area contributed by atoms with Crippen LogP contribution in [0.5, 0.6) is 0 Å². The van der Waals surface area contributed by atoms with E-state index in [1.165, 1.54) is 11.1 Å². The van der Waals surface area contributed by atoms with Gasteiger partial charge in [-0.05, 0) is 37.3 Å². The number of hydrogen-bond acceptors (Lipinski definition) is 3. The van der Waals surface area contributed by atoms with Gasteiger partial charge in [0.2, 0.25) is 5.91 Å². The van der Waals surface area contributed by atoms with Gasteiger partial charge in [-0.1, -0.05) is 24.3 Å². The molecule has 6 heteroatoms. The lowest BCUT2D eigenvalue weighted by Gasteiger charge is -2.28. The van der Waals surface area contributed by atoms with Crippen molar-refractivity contribution in [3.05, 3.63) is 35.4 Å². The van der Waals surface area contributed by atoms with E-state index in [0.29, 0.717) is 0 Å². The van der Waals surface area contributed by atoms with Crippen molar-refractivity contribution < 1.29 is 4.79 Å². The molecule has 2 aliphatic heterocycles. The summed E-state index contributed by atoms with van der Waals surface area (Å²) in [5.41, 5.74) is 2.92. The number of amides is 1. The van der Waals surface area contributed by atoms with Crippen molar-refractivity contribution in [2.24, 2.45) is 4.99 Å². The summed E-state index contributed by atoms with van der Waals surface area (Å²) in [5, 5.41) is 6.60. The van der Waals surface area contributed by atoms with Crippen molar-refractivity contribution >= 4 is 11.9 Å². The van der Waals surface area contributed by atoms with Crippen molar-refractivity contribution in [2.45, 2.75) is 32.7 Å². The zero-order chi connectivity index (χ0) is 18.2. The van der Waals surface area contributed by atoms with Crippen LogP contribution in [0.3, 0.4) is 0 Å². The molecule has 2 heterocycles. The van der Waals surface area contributed by atoms with E-state index < -0.39 is 0 Å². The van der Waals surface area contributed by atoms with E-state index in [0.717, 1.165) is 71.0 Å². The van der Waals surface area contributed by atoms with E-state index in [-0.39, 0.29) is 12.5 Å². The largest absolute Gasteiger partial charge is 0.357 e. The first-order chi connectivity index (χ1) is 12.8. The van der Waals surface area contributed by atoms with Crippen LogP contribution >= 0.6 is 0 Å². The lowest BCUT2D eigenvalue weighted by atomic mass is 10.00. The topological polar surface area (TPSA) is 60.0 Å². The van der Waals surface area contributed by atoms with Gasteiger partial charge in [-0.3, -0.25) is 9.69 Å². The summed E-state index contributed by atoms with van der Waals surface area (Å²) in [4.78, 5) is 21.0. The SMILES string of the molecule is CCNC(=NCC(=O)N1CCCC1)NCCN1CCc2ccccc2C1. The van der Waals surface area contributed by atoms with Crippen LogP contribution in [-0.4, -0.2) is 67.5 Å². The van der Waals surface area contributed by atoms with Gasteiger partial charge in [0.1, 0.15) is 6.54 Å². The molecule has 0 unspecified atom stereocenters. The molecule has 0 spiro atoms. The lowest BCUT2D eigenvalue weighted by Crippen LogP contribution is -2.43. The normalized spacial score (nSPS) is 17.9. The van der Waals surface area contributed by atoms with Crippen molar-refractivity contribution in [3.8, 4) is 0 Å². The minimum atomic E-state index is 0.132. The van der Waals surface area contributed by atoms with Gasteiger partial charge in [-0.15, -0.1) is 0 Å². The van der Waals surface area contributed by atoms with Crippen LogP contribution in [0, 0.1) is 0 Å². The molecule has 26 heavy (non-hydrogen) atoms. The van der Waals surface area contributed by atoms with Crippen LogP contribution < -0.4 is 10.6 Å². The second-order valence-electron chi connectivity index (χ2n) is 7.00. The highest BCUT2D eigenvalue weighted by atomic mass is 16.2. The van der Waals surface area contributed by atoms with Gasteiger partial charge < -0.3 is 15.5 Å². The molecule has 6 nitrogen and oxygen atoms in total. The zero-order valence-corrected chi connectivity index (χ0v) is 15.8. The van der Waals surface area contributed by atoms with Crippen LogP contribution in [-0.2, 0) is 17.8 Å². The first-order valence-corrected chi connectivity index (χ1v) is 9.85. The average molecular weight is 358 g/mol. The molecule has 142 valence electrons. The molecular formula is C20H31N5O. The molecule has 0 radical (unpaired) electrons. The van der Waals surface area contributed by atoms with Crippen LogP contribution in [0.2, 0.25) is 0 Å². The summed E-state index contributed by atoms with van der Waals surface area (Å²) in [6.07, 6.45) is 3.36. The maximum Gasteiger partial charge on any atom is 0.244 e. The number of hydrogen-bond donors (Lipinski definition) is 2. The highest BCUT2D eigenvalue weighted by Gasteiger charge is 2.18. The van der Waals surface area contributed by atoms with E-state index in [1.807, 2.05) is 11.8 Å². The highest BCUT2D eigenvalue weighted by Crippen LogP contribution is 2.17. The van der Waals surface area contributed by atoms with Crippen molar-refractivity contribution in [1.82, 2.24) is 20.4 Å². The van der Waals surface area contributed by atoms with Gasteiger partial charge in [0, 0.05) is 45.8 Å². The third kappa shape index (κ3) is 5.21. The maximum absolute atomic E-state index is 12.1. The number of guanidine groups is 1. The second kappa shape index (κ2) is 9.57. The fourth-order valence-corrected chi connectivity index (χ4v) is 3.63. The van der Waals surface area contributed by atoms with E-state index in [2.05, 4.69) is 44.8 Å². The number of carbonyl (C=O) groups excluding carboxylic acids is 1. The van der Waals surface area contributed by atoms with Crippen molar-refractivity contribution in [1.29, 1.82) is 0 Å². The Kier molecular flexibility index (Phi) is 6.89. The van der Waals surface area contributed by atoms with E-state index in [1.54, 1.807) is 0 Å². The molecule has 0 atom stereocenters. The fraction of sp³-hybridized carbons (Fsp3) is 0.600. The molecule has 1 saturated heterocycles. The van der Waals surface area contributed by atoms with Crippen LogP contribution in [0.15, 0.2) is 29.3 Å². The smallest absolute Gasteiger partial charge is 0.244 e. The molecule has 0 aromatic heterocycles. The first kappa shape index (κ1) is 18.7. The molecule has 2 N–H and O–H groups in total. The summed E-state index contributed by atoms with van der Waals surface area (Å²) in [6, 6.07) is 8.70. The predicted molar refractivity (Wildman–Crippen MR) is 105 cm³/mol. The van der Waals surface area contributed by atoms with Crippen LogP contribution in [0.25, 0.3) is 0 Å². The number of nitrogens with one attached hydrogen (secondary N) is 2. The van der Waals surface area contributed by atoms with Crippen LogP contribution in [0.1, 0.15) is 30.9 Å². The Morgan fingerprint density at radius 3 is 2.65 bits per heavy atom. The summed E-state index contributed by atoms with van der Waals surface area (Å²) in [7, 11) is 0. The lowest BCUT2D eigenvalue weighted by molar-refractivity contribution is -0.128. The maximum atomic E-state index is 12.1. The Bertz CT molecular complexity index is 624. The molecular weight excluding hydrogens is 326 g/mol. The number of carbonyl (C=O) groups is 1. The highest BCUT2D eigenvalue weighted by molar-refractivity contribution is 5.85. The number of rotatable bonds is 6. The summed E-state index contributed by atoms with van der Waals surface area (Å²) in [6.45, 7) is 8.74. The Balaban J connectivity index is 1.43. The predicted octanol–water partition coefficient (Wildman–Crippen LogP) is 1.22. The quantitative estimate of drug-likeness (QED) is 0.594.